The molecule has 0 aliphatic heterocycles. The van der Waals surface area contributed by atoms with Crippen LogP contribution < -0.4 is 0 Å². The highest BCUT2D eigenvalue weighted by Gasteiger charge is 2.13. The van der Waals surface area contributed by atoms with Crippen molar-refractivity contribution >= 4 is 29.1 Å². The molecule has 1 amide bonds. The predicted molar refractivity (Wildman–Crippen MR) is 67.7 cm³/mol. The van der Waals surface area contributed by atoms with Crippen molar-refractivity contribution in [3.05, 3.63) is 28.0 Å². The van der Waals surface area contributed by atoms with Gasteiger partial charge in [0.1, 0.15) is 10.3 Å². The number of hydrogen-bond donors (Lipinski definition) is 0. The van der Waals surface area contributed by atoms with E-state index in [-0.39, 0.29) is 16.2 Å². The van der Waals surface area contributed by atoms with Gasteiger partial charge in [0.15, 0.2) is 0 Å². The number of carbonyl (C=O) groups is 1. The van der Waals surface area contributed by atoms with E-state index in [1.807, 2.05) is 6.92 Å². The maximum Gasteiger partial charge on any atom is 0.253 e. The predicted octanol–water partition coefficient (Wildman–Crippen LogP) is 2.50. The van der Waals surface area contributed by atoms with Crippen LogP contribution in [0.2, 0.25) is 10.3 Å². The van der Waals surface area contributed by atoms with Gasteiger partial charge in [0.2, 0.25) is 0 Å². The molecule has 4 nitrogen and oxygen atoms in total. The van der Waals surface area contributed by atoms with Crippen LogP contribution in [0.1, 0.15) is 17.3 Å². The second-order valence-electron chi connectivity index (χ2n) is 3.42. The summed E-state index contributed by atoms with van der Waals surface area (Å²) in [7, 11) is 1.70. The number of likely N-dealkylation sites (N-methyl/N-ethyl adjacent to an activating group) is 1. The smallest absolute Gasteiger partial charge is 0.253 e. The Morgan fingerprint density at radius 2 is 2.00 bits per heavy atom. The van der Waals surface area contributed by atoms with E-state index in [1.54, 1.807) is 11.9 Å². The third-order valence-corrected chi connectivity index (χ3v) is 2.52. The summed E-state index contributed by atoms with van der Waals surface area (Å²) in [6, 6.07) is 2.99. The molecule has 0 atom stereocenters. The molecule has 1 aromatic rings. The Hall–Kier alpha value is -0.840. The number of ether oxygens (including phenoxy) is 1. The van der Waals surface area contributed by atoms with E-state index in [4.69, 9.17) is 27.9 Å². The first-order chi connectivity index (χ1) is 8.04. The monoisotopic (exact) mass is 276 g/mol. The summed E-state index contributed by atoms with van der Waals surface area (Å²) >= 11 is 11.5. The highest BCUT2D eigenvalue weighted by molar-refractivity contribution is 6.33. The van der Waals surface area contributed by atoms with Gasteiger partial charge in [-0.3, -0.25) is 4.79 Å². The van der Waals surface area contributed by atoms with Crippen molar-refractivity contribution in [1.82, 2.24) is 9.88 Å². The Bertz CT molecular complexity index is 379. The second-order valence-corrected chi connectivity index (χ2v) is 4.20. The first kappa shape index (κ1) is 14.2. The molecule has 0 N–H and O–H groups in total. The molecule has 0 spiro atoms. The van der Waals surface area contributed by atoms with Gasteiger partial charge in [-0.25, -0.2) is 4.98 Å². The molecule has 0 fully saturated rings. The summed E-state index contributed by atoms with van der Waals surface area (Å²) in [5, 5.41) is 0.415. The zero-order chi connectivity index (χ0) is 12.8. The minimum atomic E-state index is -0.157. The fourth-order valence-electron chi connectivity index (χ4n) is 1.26. The van der Waals surface area contributed by atoms with Crippen molar-refractivity contribution in [1.29, 1.82) is 0 Å². The summed E-state index contributed by atoms with van der Waals surface area (Å²) in [4.78, 5) is 17.3. The summed E-state index contributed by atoms with van der Waals surface area (Å²) < 4.78 is 5.18. The molecule has 0 radical (unpaired) electrons. The summed E-state index contributed by atoms with van der Waals surface area (Å²) in [6.45, 7) is 3.56. The molecule has 0 bridgehead atoms. The molecule has 0 aromatic carbocycles. The maximum atomic E-state index is 12.0. The Morgan fingerprint density at radius 1 is 1.41 bits per heavy atom. The zero-order valence-electron chi connectivity index (χ0n) is 9.74. The molecule has 0 saturated carbocycles. The zero-order valence-corrected chi connectivity index (χ0v) is 11.3. The highest BCUT2D eigenvalue weighted by atomic mass is 35.5. The molecular weight excluding hydrogens is 263 g/mol. The Labute approximate surface area is 110 Å². The van der Waals surface area contributed by atoms with Crippen LogP contribution in [0.25, 0.3) is 0 Å². The lowest BCUT2D eigenvalue weighted by molar-refractivity contribution is 0.0710. The summed E-state index contributed by atoms with van der Waals surface area (Å²) in [5.74, 6) is -0.157. The third-order valence-electron chi connectivity index (χ3n) is 2.13. The molecule has 17 heavy (non-hydrogen) atoms. The van der Waals surface area contributed by atoms with Gasteiger partial charge >= 0.3 is 0 Å². The van der Waals surface area contributed by atoms with Crippen LogP contribution in [0.5, 0.6) is 0 Å². The number of aromatic nitrogens is 1. The van der Waals surface area contributed by atoms with Gasteiger partial charge in [-0.1, -0.05) is 23.2 Å². The summed E-state index contributed by atoms with van der Waals surface area (Å²) in [5.41, 5.74) is 0.425. The van der Waals surface area contributed by atoms with E-state index >= 15 is 0 Å². The fraction of sp³-hybridized carbons (Fsp3) is 0.455. The first-order valence-corrected chi connectivity index (χ1v) is 5.96. The number of halogens is 2. The average Bonchev–Trinajstić information content (AvgIpc) is 2.27. The van der Waals surface area contributed by atoms with Gasteiger partial charge in [0.05, 0.1) is 6.61 Å². The van der Waals surface area contributed by atoms with Crippen LogP contribution >= 0.6 is 23.2 Å². The Morgan fingerprint density at radius 3 is 2.53 bits per heavy atom. The van der Waals surface area contributed by atoms with Crippen LogP contribution in [-0.4, -0.2) is 42.6 Å². The first-order valence-electron chi connectivity index (χ1n) is 5.21. The molecule has 0 saturated heterocycles. The van der Waals surface area contributed by atoms with Gasteiger partial charge in [0, 0.05) is 25.8 Å². The Kier molecular flexibility index (Phi) is 5.68. The minimum absolute atomic E-state index is 0.157. The molecule has 94 valence electrons. The normalized spacial score (nSPS) is 10.4. The maximum absolute atomic E-state index is 12.0. The Balaban J connectivity index is 2.68. The molecule has 0 unspecified atom stereocenters. The van der Waals surface area contributed by atoms with E-state index in [0.717, 1.165) is 0 Å². The van der Waals surface area contributed by atoms with Gasteiger partial charge in [-0.05, 0) is 19.1 Å². The van der Waals surface area contributed by atoms with Crippen molar-refractivity contribution in [3.8, 4) is 0 Å². The standard InChI is InChI=1S/C11H14Cl2N2O2/c1-3-17-5-4-15(2)11(16)8-6-9(12)14-10(13)7-8/h6-7H,3-5H2,1-2H3. The average molecular weight is 277 g/mol. The number of carbonyl (C=O) groups excluding carboxylic acids is 1. The SMILES string of the molecule is CCOCCN(C)C(=O)c1cc(Cl)nc(Cl)c1. The van der Waals surface area contributed by atoms with Gasteiger partial charge < -0.3 is 9.64 Å². The summed E-state index contributed by atoms with van der Waals surface area (Å²) in [6.07, 6.45) is 0. The van der Waals surface area contributed by atoms with Crippen LogP contribution in [0.4, 0.5) is 0 Å². The lowest BCUT2D eigenvalue weighted by Crippen LogP contribution is -2.30. The fourth-order valence-corrected chi connectivity index (χ4v) is 1.72. The number of amides is 1. The molecule has 6 heteroatoms. The van der Waals surface area contributed by atoms with Crippen LogP contribution in [0.15, 0.2) is 12.1 Å². The van der Waals surface area contributed by atoms with Gasteiger partial charge in [-0.15, -0.1) is 0 Å². The van der Waals surface area contributed by atoms with Crippen LogP contribution in [-0.2, 0) is 4.74 Å². The molecule has 1 heterocycles. The minimum Gasteiger partial charge on any atom is -0.380 e. The van der Waals surface area contributed by atoms with Crippen LogP contribution in [0.3, 0.4) is 0 Å². The van der Waals surface area contributed by atoms with Crippen molar-refractivity contribution < 1.29 is 9.53 Å². The lowest BCUT2D eigenvalue weighted by atomic mass is 10.2. The molecule has 0 aliphatic rings. The molecule has 0 aliphatic carbocycles. The number of hydrogen-bond acceptors (Lipinski definition) is 3. The van der Waals surface area contributed by atoms with Gasteiger partial charge in [0.25, 0.3) is 5.91 Å². The van der Waals surface area contributed by atoms with E-state index in [1.165, 1.54) is 12.1 Å². The van der Waals surface area contributed by atoms with Gasteiger partial charge in [-0.2, -0.15) is 0 Å². The van der Waals surface area contributed by atoms with E-state index < -0.39 is 0 Å². The topological polar surface area (TPSA) is 42.4 Å². The van der Waals surface area contributed by atoms with E-state index in [9.17, 15) is 4.79 Å². The van der Waals surface area contributed by atoms with Crippen molar-refractivity contribution in [2.75, 3.05) is 26.8 Å². The second kappa shape index (κ2) is 6.79. The quantitative estimate of drug-likeness (QED) is 0.613. The molecule has 1 aromatic heterocycles. The third kappa shape index (κ3) is 4.50. The van der Waals surface area contributed by atoms with Crippen LogP contribution in [0, 0.1) is 0 Å². The number of nitrogens with zero attached hydrogens (tertiary/aromatic N) is 2. The van der Waals surface area contributed by atoms with Crippen molar-refractivity contribution in [2.24, 2.45) is 0 Å². The highest BCUT2D eigenvalue weighted by Crippen LogP contribution is 2.15. The number of rotatable bonds is 5. The number of pyridine rings is 1. The lowest BCUT2D eigenvalue weighted by Gasteiger charge is -2.17. The van der Waals surface area contributed by atoms with E-state index in [0.29, 0.717) is 25.3 Å². The van der Waals surface area contributed by atoms with Crippen molar-refractivity contribution in [3.63, 3.8) is 0 Å². The largest absolute Gasteiger partial charge is 0.380 e. The van der Waals surface area contributed by atoms with Crippen molar-refractivity contribution in [2.45, 2.75) is 6.92 Å². The molecular formula is C11H14Cl2N2O2. The van der Waals surface area contributed by atoms with E-state index in [2.05, 4.69) is 4.98 Å². The molecule has 1 rings (SSSR count).